The maximum Gasteiger partial charge on any atom is 0.328 e. The van der Waals surface area contributed by atoms with Crippen molar-refractivity contribution >= 4 is 29.3 Å². The predicted molar refractivity (Wildman–Crippen MR) is 132 cm³/mol. The minimum atomic E-state index is -0.593. The van der Waals surface area contributed by atoms with Gasteiger partial charge in [0, 0.05) is 50.7 Å². The summed E-state index contributed by atoms with van der Waals surface area (Å²) in [4.78, 5) is 41.0. The Balaban J connectivity index is 1.33. The highest BCUT2D eigenvalue weighted by molar-refractivity contribution is 6.16. The molecule has 6 rings (SSSR count). The molecule has 2 aromatic rings. The number of urea groups is 1. The number of imide groups is 1. The number of carbonyl (C=O) groups excluding carboxylic acids is 2. The first-order chi connectivity index (χ1) is 17.1. The lowest BCUT2D eigenvalue weighted by Crippen LogP contribution is -2.65. The van der Waals surface area contributed by atoms with Gasteiger partial charge >= 0.3 is 6.03 Å². The van der Waals surface area contributed by atoms with Crippen molar-refractivity contribution in [1.82, 2.24) is 19.6 Å². The number of ether oxygens (including phenoxy) is 1. The maximum atomic E-state index is 13.7. The van der Waals surface area contributed by atoms with E-state index in [0.29, 0.717) is 32.3 Å². The van der Waals surface area contributed by atoms with Crippen LogP contribution in [0.5, 0.6) is 0 Å². The number of fused-ring (bicyclic) bond motifs is 3. The number of anilines is 1. The van der Waals surface area contributed by atoms with E-state index < -0.39 is 12.2 Å². The minimum absolute atomic E-state index is 0.205. The van der Waals surface area contributed by atoms with Gasteiger partial charge in [-0.25, -0.2) is 9.79 Å². The van der Waals surface area contributed by atoms with Crippen LogP contribution < -0.4 is 4.90 Å². The lowest BCUT2D eigenvalue weighted by atomic mass is 10.1. The molecule has 4 heterocycles. The number of aliphatic imine (C=N–C) groups is 1. The quantitative estimate of drug-likeness (QED) is 0.664. The van der Waals surface area contributed by atoms with Crippen molar-refractivity contribution < 1.29 is 14.3 Å². The van der Waals surface area contributed by atoms with Gasteiger partial charge < -0.3 is 9.64 Å². The molecule has 0 N–H and O–H groups in total. The number of para-hydroxylation sites is 1. The molecule has 3 amide bonds. The Labute approximate surface area is 204 Å². The van der Waals surface area contributed by atoms with Crippen molar-refractivity contribution in [3.05, 3.63) is 72.4 Å². The average molecular weight is 473 g/mol. The van der Waals surface area contributed by atoms with Crippen LogP contribution in [0.1, 0.15) is 5.56 Å². The van der Waals surface area contributed by atoms with Gasteiger partial charge in [-0.3, -0.25) is 24.4 Å². The van der Waals surface area contributed by atoms with Crippen molar-refractivity contribution in [2.45, 2.75) is 12.2 Å². The fourth-order valence-electron chi connectivity index (χ4n) is 5.15. The molecule has 2 saturated heterocycles. The first-order valence-corrected chi connectivity index (χ1v) is 12.0. The van der Waals surface area contributed by atoms with E-state index in [1.807, 2.05) is 59.6 Å². The van der Waals surface area contributed by atoms with Crippen molar-refractivity contribution in [2.75, 3.05) is 51.3 Å². The summed E-state index contributed by atoms with van der Waals surface area (Å²) < 4.78 is 5.42. The summed E-state index contributed by atoms with van der Waals surface area (Å²) in [5.41, 5.74) is 2.93. The summed E-state index contributed by atoms with van der Waals surface area (Å²) in [7, 11) is 1.73. The van der Waals surface area contributed by atoms with Gasteiger partial charge in [0.2, 0.25) is 5.96 Å². The number of hydrogen-bond acceptors (Lipinski definition) is 7. The molecule has 35 heavy (non-hydrogen) atoms. The predicted octanol–water partition coefficient (Wildman–Crippen LogP) is 2.10. The monoisotopic (exact) mass is 472 g/mol. The normalized spacial score (nSPS) is 24.5. The number of guanidine groups is 1. The Morgan fingerprint density at radius 1 is 0.943 bits per heavy atom. The first-order valence-electron chi connectivity index (χ1n) is 12.0. The molecule has 0 radical (unpaired) electrons. The van der Waals surface area contributed by atoms with Gasteiger partial charge in [0.1, 0.15) is 0 Å². The van der Waals surface area contributed by atoms with Crippen molar-refractivity contribution in [3.8, 4) is 0 Å². The lowest BCUT2D eigenvalue weighted by molar-refractivity contribution is -0.136. The molecule has 0 aliphatic carbocycles. The summed E-state index contributed by atoms with van der Waals surface area (Å²) in [6, 6.07) is 19.2. The van der Waals surface area contributed by atoms with Crippen LogP contribution in [0.15, 0.2) is 71.9 Å². The van der Waals surface area contributed by atoms with Crippen LogP contribution in [0, 0.1) is 0 Å². The van der Waals surface area contributed by atoms with Crippen LogP contribution in [0.2, 0.25) is 0 Å². The molecule has 0 bridgehead atoms. The zero-order chi connectivity index (χ0) is 23.9. The topological polar surface area (TPSA) is 71.9 Å². The highest BCUT2D eigenvalue weighted by atomic mass is 16.5. The molecule has 2 unspecified atom stereocenters. The molecule has 0 aromatic heterocycles. The molecular formula is C26H28N6O3. The van der Waals surface area contributed by atoms with Gasteiger partial charge in [0.05, 0.1) is 18.9 Å². The third-order valence-electron chi connectivity index (χ3n) is 7.04. The Bertz CT molecular complexity index is 1180. The molecule has 0 spiro atoms. The Morgan fingerprint density at radius 3 is 2.34 bits per heavy atom. The van der Waals surface area contributed by atoms with E-state index in [1.54, 1.807) is 11.9 Å². The van der Waals surface area contributed by atoms with Gasteiger partial charge in [-0.2, -0.15) is 0 Å². The molecule has 4 aliphatic rings. The Kier molecular flexibility index (Phi) is 5.50. The van der Waals surface area contributed by atoms with E-state index in [2.05, 4.69) is 21.9 Å². The molecule has 9 heteroatoms. The van der Waals surface area contributed by atoms with E-state index >= 15 is 0 Å². The first kappa shape index (κ1) is 21.8. The second kappa shape index (κ2) is 8.83. The molecule has 9 nitrogen and oxygen atoms in total. The van der Waals surface area contributed by atoms with E-state index in [1.165, 1.54) is 4.90 Å². The van der Waals surface area contributed by atoms with Gasteiger partial charge in [0.15, 0.2) is 12.2 Å². The number of carbonyl (C=O) groups is 2. The Morgan fingerprint density at radius 2 is 1.63 bits per heavy atom. The second-order valence-electron chi connectivity index (χ2n) is 9.08. The fraction of sp³-hybridized carbons (Fsp3) is 0.346. The van der Waals surface area contributed by atoms with Gasteiger partial charge in [-0.1, -0.05) is 48.5 Å². The number of nitrogens with zero attached hydrogens (tertiary/aromatic N) is 6. The zero-order valence-corrected chi connectivity index (χ0v) is 19.7. The summed E-state index contributed by atoms with van der Waals surface area (Å²) in [5, 5.41) is 0. The average Bonchev–Trinajstić information content (AvgIpc) is 3.46. The van der Waals surface area contributed by atoms with Crippen LogP contribution in [0.3, 0.4) is 0 Å². The number of amides is 3. The maximum absolute atomic E-state index is 13.7. The third-order valence-corrected chi connectivity index (χ3v) is 7.04. The fourth-order valence-corrected chi connectivity index (χ4v) is 5.15. The summed E-state index contributed by atoms with van der Waals surface area (Å²) in [6.07, 6.45) is 1.43. The molecule has 2 fully saturated rings. The molecular weight excluding hydrogens is 444 g/mol. The summed E-state index contributed by atoms with van der Waals surface area (Å²) in [6.45, 7) is 3.98. The number of benzene rings is 2. The molecule has 0 saturated carbocycles. The van der Waals surface area contributed by atoms with Crippen LogP contribution in [0.25, 0.3) is 5.70 Å². The molecule has 180 valence electrons. The van der Waals surface area contributed by atoms with E-state index in [4.69, 9.17) is 9.73 Å². The molecule has 2 aromatic carbocycles. The van der Waals surface area contributed by atoms with Crippen molar-refractivity contribution in [2.24, 2.45) is 4.99 Å². The molecule has 2 atom stereocenters. The summed E-state index contributed by atoms with van der Waals surface area (Å²) in [5.74, 6) is 0.455. The standard InChI is InChI=1S/C26H28N6O3/c1-28-23-22(24(33)30(26(28)34)13-12-29-14-16-35-17-15-29)31-18-21(19-8-4-2-5-9-19)32(25(31)27-23)20-10-6-3-7-11-20/h2-11,18,22-23H,12-17H2,1H3. The van der Waals surface area contributed by atoms with Crippen LogP contribution in [0.4, 0.5) is 10.5 Å². The molecule has 4 aliphatic heterocycles. The van der Waals surface area contributed by atoms with Gasteiger partial charge in [0.25, 0.3) is 5.91 Å². The van der Waals surface area contributed by atoms with E-state index in [0.717, 1.165) is 30.0 Å². The third kappa shape index (κ3) is 3.67. The minimum Gasteiger partial charge on any atom is -0.379 e. The number of likely N-dealkylation sites (N-methyl/N-ethyl adjacent to an activating group) is 1. The summed E-state index contributed by atoms with van der Waals surface area (Å²) >= 11 is 0. The van der Waals surface area contributed by atoms with Crippen molar-refractivity contribution in [3.63, 3.8) is 0 Å². The highest BCUT2D eigenvalue weighted by Crippen LogP contribution is 2.39. The van der Waals surface area contributed by atoms with E-state index in [9.17, 15) is 9.59 Å². The number of morpholine rings is 1. The largest absolute Gasteiger partial charge is 0.379 e. The highest BCUT2D eigenvalue weighted by Gasteiger charge is 2.54. The van der Waals surface area contributed by atoms with Gasteiger partial charge in [-0.05, 0) is 12.1 Å². The number of rotatable bonds is 5. The van der Waals surface area contributed by atoms with Crippen LogP contribution >= 0.6 is 0 Å². The van der Waals surface area contributed by atoms with Crippen LogP contribution in [-0.4, -0.2) is 96.1 Å². The number of hydrogen-bond donors (Lipinski definition) is 0. The van der Waals surface area contributed by atoms with E-state index in [-0.39, 0.29) is 11.9 Å². The van der Waals surface area contributed by atoms with Crippen LogP contribution in [-0.2, 0) is 9.53 Å². The smallest absolute Gasteiger partial charge is 0.328 e. The van der Waals surface area contributed by atoms with Gasteiger partial charge in [-0.15, -0.1) is 0 Å². The zero-order valence-electron chi connectivity index (χ0n) is 19.7. The SMILES string of the molecule is CN1C(=O)N(CCN2CCOCC2)C(=O)C2C1N=C1N(c3ccccc3)C(c3ccccc3)=CN12. The second-order valence-corrected chi connectivity index (χ2v) is 9.08. The Hall–Kier alpha value is -3.69. The van der Waals surface area contributed by atoms with Crippen molar-refractivity contribution in [1.29, 1.82) is 0 Å². The lowest BCUT2D eigenvalue weighted by Gasteiger charge is -2.40.